The predicted octanol–water partition coefficient (Wildman–Crippen LogP) is 0.799. The van der Waals surface area contributed by atoms with Gasteiger partial charge in [0, 0.05) is 6.54 Å². The summed E-state index contributed by atoms with van der Waals surface area (Å²) in [6, 6.07) is 4.30. The van der Waals surface area contributed by atoms with Gasteiger partial charge in [-0.05, 0) is 50.1 Å². The van der Waals surface area contributed by atoms with Crippen LogP contribution in [0.1, 0.15) is 28.8 Å². The van der Waals surface area contributed by atoms with Crippen LogP contribution in [0.2, 0.25) is 0 Å². The molecule has 20 heavy (non-hydrogen) atoms. The van der Waals surface area contributed by atoms with Crippen LogP contribution in [0.5, 0.6) is 0 Å². The lowest BCUT2D eigenvalue weighted by atomic mass is 10.1. The van der Waals surface area contributed by atoms with E-state index in [9.17, 15) is 13.2 Å². The quantitative estimate of drug-likeness (QED) is 0.573. The number of aryl methyl sites for hydroxylation is 1. The van der Waals surface area contributed by atoms with E-state index in [4.69, 9.17) is 5.73 Å². The number of sulfonamides is 1. The molecule has 1 aromatic rings. The molecule has 0 saturated heterocycles. The molecule has 6 nitrogen and oxygen atoms in total. The number of nitrogens with one attached hydrogen (secondary N) is 1. The van der Waals surface area contributed by atoms with E-state index in [1.165, 1.54) is 25.3 Å². The van der Waals surface area contributed by atoms with Gasteiger partial charge in [0.15, 0.2) is 0 Å². The molecule has 0 unspecified atom stereocenters. The maximum atomic E-state index is 12.0. The number of unbranched alkanes of at least 4 members (excludes halogenated alkanes) is 1. The molecule has 0 atom stereocenters. The number of methoxy groups -OCH3 is 1. The number of ether oxygens (including phenoxy) is 1. The molecule has 7 heteroatoms. The van der Waals surface area contributed by atoms with Gasteiger partial charge in [-0.15, -0.1) is 0 Å². The Morgan fingerprint density at radius 2 is 2.05 bits per heavy atom. The number of benzene rings is 1. The third-order valence-corrected chi connectivity index (χ3v) is 4.30. The van der Waals surface area contributed by atoms with E-state index in [-0.39, 0.29) is 4.90 Å². The van der Waals surface area contributed by atoms with Crippen molar-refractivity contribution in [1.29, 1.82) is 0 Å². The van der Waals surface area contributed by atoms with Crippen LogP contribution in [-0.2, 0) is 14.8 Å². The molecule has 112 valence electrons. The molecule has 1 aromatic carbocycles. The molecule has 0 heterocycles. The molecule has 0 saturated carbocycles. The summed E-state index contributed by atoms with van der Waals surface area (Å²) in [5, 5.41) is 0. The number of carbonyl (C=O) groups is 1. The van der Waals surface area contributed by atoms with Crippen molar-refractivity contribution in [3.05, 3.63) is 29.3 Å². The molecular weight excluding hydrogens is 280 g/mol. The first-order valence-corrected chi connectivity index (χ1v) is 7.79. The van der Waals surface area contributed by atoms with E-state index >= 15 is 0 Å². The molecular formula is C13H20N2O4S. The van der Waals surface area contributed by atoms with Crippen molar-refractivity contribution in [3.63, 3.8) is 0 Å². The van der Waals surface area contributed by atoms with Crippen LogP contribution in [0.3, 0.4) is 0 Å². The normalized spacial score (nSPS) is 11.3. The zero-order chi connectivity index (χ0) is 15.2. The van der Waals surface area contributed by atoms with Crippen molar-refractivity contribution in [1.82, 2.24) is 4.72 Å². The average Bonchev–Trinajstić information content (AvgIpc) is 2.42. The van der Waals surface area contributed by atoms with Crippen LogP contribution in [0.25, 0.3) is 0 Å². The summed E-state index contributed by atoms with van der Waals surface area (Å²) in [6.45, 7) is 2.55. The van der Waals surface area contributed by atoms with Gasteiger partial charge in [-0.25, -0.2) is 17.9 Å². The minimum absolute atomic E-state index is 0.135. The van der Waals surface area contributed by atoms with Crippen molar-refractivity contribution in [2.24, 2.45) is 5.73 Å². The standard InChI is InChI=1S/C13H20N2O4S/c1-10-9-11(5-6-12(10)13(16)19-2)20(17,18)15-8-4-3-7-14/h5-6,9,15H,3-4,7-8,14H2,1-2H3. The first kappa shape index (κ1) is 16.6. The topological polar surface area (TPSA) is 98.5 Å². The van der Waals surface area contributed by atoms with Crippen LogP contribution in [0.15, 0.2) is 23.1 Å². The Labute approximate surface area is 119 Å². The molecule has 3 N–H and O–H groups in total. The number of rotatable bonds is 7. The molecule has 0 aliphatic rings. The highest BCUT2D eigenvalue weighted by atomic mass is 32.2. The average molecular weight is 300 g/mol. The highest BCUT2D eigenvalue weighted by Gasteiger charge is 2.16. The molecule has 0 amide bonds. The molecule has 1 rings (SSSR count). The zero-order valence-corrected chi connectivity index (χ0v) is 12.5. The van der Waals surface area contributed by atoms with Crippen molar-refractivity contribution in [2.75, 3.05) is 20.2 Å². The third-order valence-electron chi connectivity index (χ3n) is 2.84. The number of hydrogen-bond acceptors (Lipinski definition) is 5. The van der Waals surface area contributed by atoms with E-state index in [0.717, 1.165) is 6.42 Å². The Balaban J connectivity index is 2.86. The summed E-state index contributed by atoms with van der Waals surface area (Å²) in [4.78, 5) is 11.6. The lowest BCUT2D eigenvalue weighted by Gasteiger charge is -2.09. The van der Waals surface area contributed by atoms with Crippen LogP contribution in [0, 0.1) is 6.92 Å². The van der Waals surface area contributed by atoms with Crippen molar-refractivity contribution < 1.29 is 17.9 Å². The van der Waals surface area contributed by atoms with Crippen molar-refractivity contribution >= 4 is 16.0 Å². The highest BCUT2D eigenvalue weighted by molar-refractivity contribution is 7.89. The fourth-order valence-corrected chi connectivity index (χ4v) is 2.86. The lowest BCUT2D eigenvalue weighted by molar-refractivity contribution is 0.0600. The Kier molecular flexibility index (Phi) is 6.12. The maximum absolute atomic E-state index is 12.0. The smallest absolute Gasteiger partial charge is 0.338 e. The summed E-state index contributed by atoms with van der Waals surface area (Å²) in [7, 11) is -2.27. The van der Waals surface area contributed by atoms with Crippen LogP contribution < -0.4 is 10.5 Å². The fourth-order valence-electron chi connectivity index (χ4n) is 1.70. The summed E-state index contributed by atoms with van der Waals surface area (Å²) in [6.07, 6.45) is 1.46. The third kappa shape index (κ3) is 4.29. The Morgan fingerprint density at radius 1 is 1.35 bits per heavy atom. The van der Waals surface area contributed by atoms with E-state index < -0.39 is 16.0 Å². The second-order valence-corrected chi connectivity index (χ2v) is 6.13. The number of nitrogens with two attached hydrogens (primary N) is 1. The largest absolute Gasteiger partial charge is 0.465 e. The van der Waals surface area contributed by atoms with Gasteiger partial charge in [-0.2, -0.15) is 0 Å². The van der Waals surface area contributed by atoms with Gasteiger partial charge >= 0.3 is 5.97 Å². The Bertz CT molecular complexity index is 570. The predicted molar refractivity (Wildman–Crippen MR) is 76.0 cm³/mol. The van der Waals surface area contributed by atoms with Crippen LogP contribution in [0.4, 0.5) is 0 Å². The van der Waals surface area contributed by atoms with Crippen molar-refractivity contribution in [2.45, 2.75) is 24.7 Å². The van der Waals surface area contributed by atoms with Gasteiger partial charge in [-0.1, -0.05) is 0 Å². The van der Waals surface area contributed by atoms with Crippen LogP contribution >= 0.6 is 0 Å². The minimum Gasteiger partial charge on any atom is -0.465 e. The minimum atomic E-state index is -3.56. The Morgan fingerprint density at radius 3 is 2.60 bits per heavy atom. The zero-order valence-electron chi connectivity index (χ0n) is 11.7. The Hall–Kier alpha value is -1.44. The fraction of sp³-hybridized carbons (Fsp3) is 0.462. The highest BCUT2D eigenvalue weighted by Crippen LogP contribution is 2.16. The second-order valence-electron chi connectivity index (χ2n) is 4.36. The number of esters is 1. The summed E-state index contributed by atoms with van der Waals surface area (Å²) in [5.74, 6) is -0.484. The SMILES string of the molecule is COC(=O)c1ccc(S(=O)(=O)NCCCCN)cc1C. The van der Waals surface area contributed by atoms with Gasteiger partial charge in [0.05, 0.1) is 17.6 Å². The van der Waals surface area contributed by atoms with E-state index in [2.05, 4.69) is 9.46 Å². The second kappa shape index (κ2) is 7.37. The summed E-state index contributed by atoms with van der Waals surface area (Å²) < 4.78 is 31.2. The maximum Gasteiger partial charge on any atom is 0.338 e. The van der Waals surface area contributed by atoms with E-state index in [0.29, 0.717) is 30.6 Å². The first-order valence-electron chi connectivity index (χ1n) is 6.31. The summed E-state index contributed by atoms with van der Waals surface area (Å²) in [5.41, 5.74) is 6.26. The van der Waals surface area contributed by atoms with Gasteiger partial charge in [-0.3, -0.25) is 0 Å². The number of hydrogen-bond donors (Lipinski definition) is 2. The molecule has 0 bridgehead atoms. The van der Waals surface area contributed by atoms with Gasteiger partial charge in [0.2, 0.25) is 10.0 Å². The van der Waals surface area contributed by atoms with Gasteiger partial charge < -0.3 is 10.5 Å². The molecule has 0 aromatic heterocycles. The van der Waals surface area contributed by atoms with Crippen LogP contribution in [-0.4, -0.2) is 34.6 Å². The lowest BCUT2D eigenvalue weighted by Crippen LogP contribution is -2.25. The number of carbonyl (C=O) groups excluding carboxylic acids is 1. The molecule has 0 spiro atoms. The van der Waals surface area contributed by atoms with Gasteiger partial charge in [0.25, 0.3) is 0 Å². The molecule has 0 aliphatic heterocycles. The monoisotopic (exact) mass is 300 g/mol. The first-order chi connectivity index (χ1) is 9.42. The van der Waals surface area contributed by atoms with E-state index in [1.807, 2.05) is 0 Å². The molecule has 0 radical (unpaired) electrons. The molecule has 0 aliphatic carbocycles. The van der Waals surface area contributed by atoms with E-state index in [1.54, 1.807) is 6.92 Å². The van der Waals surface area contributed by atoms with Crippen molar-refractivity contribution in [3.8, 4) is 0 Å². The molecule has 0 fully saturated rings. The summed E-state index contributed by atoms with van der Waals surface area (Å²) >= 11 is 0. The van der Waals surface area contributed by atoms with Gasteiger partial charge in [0.1, 0.15) is 0 Å².